The van der Waals surface area contributed by atoms with E-state index >= 15 is 0 Å². The first kappa shape index (κ1) is 14.8. The van der Waals surface area contributed by atoms with Gasteiger partial charge in [0.25, 0.3) is 0 Å². The molecule has 0 unspecified atom stereocenters. The molecule has 0 radical (unpaired) electrons. The number of rotatable bonds is 4. The fourth-order valence-corrected chi connectivity index (χ4v) is 2.06. The normalized spacial score (nSPS) is 10.4. The molecule has 0 aliphatic heterocycles. The summed E-state index contributed by atoms with van der Waals surface area (Å²) in [4.78, 5) is 8.47. The van der Waals surface area contributed by atoms with Crippen molar-refractivity contribution in [1.29, 1.82) is 0 Å². The zero-order valence-corrected chi connectivity index (χ0v) is 12.5. The zero-order chi connectivity index (χ0) is 14.7. The molecule has 0 spiro atoms. The molecule has 1 heterocycles. The van der Waals surface area contributed by atoms with E-state index in [1.165, 1.54) is 12.1 Å². The molecule has 0 saturated carbocycles. The highest BCUT2D eigenvalue weighted by atomic mass is 35.5. The van der Waals surface area contributed by atoms with E-state index in [2.05, 4.69) is 20.6 Å². The number of hydrogen-bond donors (Lipinski definition) is 2. The van der Waals surface area contributed by atoms with Crippen molar-refractivity contribution in [3.8, 4) is 0 Å². The fourth-order valence-electron chi connectivity index (χ4n) is 1.58. The molecular weight excluding hydrogens is 302 g/mol. The van der Waals surface area contributed by atoms with Crippen molar-refractivity contribution in [2.45, 2.75) is 13.8 Å². The lowest BCUT2D eigenvalue weighted by Crippen LogP contribution is -2.05. The van der Waals surface area contributed by atoms with Crippen LogP contribution in [0.2, 0.25) is 10.0 Å². The van der Waals surface area contributed by atoms with Crippen LogP contribution in [0.1, 0.15) is 12.5 Å². The molecule has 0 atom stereocenters. The monoisotopic (exact) mass is 314 g/mol. The Kier molecular flexibility index (Phi) is 4.62. The molecule has 2 rings (SSSR count). The first-order chi connectivity index (χ1) is 9.51. The Morgan fingerprint density at radius 2 is 1.90 bits per heavy atom. The van der Waals surface area contributed by atoms with Crippen LogP contribution in [-0.2, 0) is 0 Å². The summed E-state index contributed by atoms with van der Waals surface area (Å²) in [5.74, 6) is 0.487. The lowest BCUT2D eigenvalue weighted by atomic mass is 10.3. The zero-order valence-electron chi connectivity index (χ0n) is 11.0. The smallest absolute Gasteiger partial charge is 0.224 e. The third-order valence-electron chi connectivity index (χ3n) is 2.55. The van der Waals surface area contributed by atoms with E-state index < -0.39 is 5.82 Å². The van der Waals surface area contributed by atoms with Crippen LogP contribution in [0.3, 0.4) is 0 Å². The Balaban J connectivity index is 2.32. The van der Waals surface area contributed by atoms with E-state index in [1.807, 2.05) is 13.8 Å². The fraction of sp³-hybridized carbons (Fsp3) is 0.231. The molecule has 0 fully saturated rings. The Bertz CT molecular complexity index is 611. The van der Waals surface area contributed by atoms with Gasteiger partial charge in [0.2, 0.25) is 5.95 Å². The summed E-state index contributed by atoms with van der Waals surface area (Å²) in [6, 6.07) is 2.91. The van der Waals surface area contributed by atoms with E-state index in [1.54, 1.807) is 6.20 Å². The molecule has 20 heavy (non-hydrogen) atoms. The number of nitrogens with one attached hydrogen (secondary N) is 2. The molecule has 1 aromatic carbocycles. The molecule has 0 saturated heterocycles. The van der Waals surface area contributed by atoms with Crippen molar-refractivity contribution in [1.82, 2.24) is 9.97 Å². The van der Waals surface area contributed by atoms with Crippen molar-refractivity contribution in [3.63, 3.8) is 0 Å². The highest BCUT2D eigenvalue weighted by Gasteiger charge is 2.09. The van der Waals surface area contributed by atoms with Gasteiger partial charge in [-0.05, 0) is 26.0 Å². The van der Waals surface area contributed by atoms with Crippen molar-refractivity contribution < 1.29 is 4.39 Å². The number of aromatic nitrogens is 2. The van der Waals surface area contributed by atoms with E-state index in [0.29, 0.717) is 17.5 Å². The second-order valence-electron chi connectivity index (χ2n) is 4.13. The van der Waals surface area contributed by atoms with E-state index in [9.17, 15) is 4.39 Å². The molecule has 0 bridgehead atoms. The van der Waals surface area contributed by atoms with Crippen molar-refractivity contribution in [3.05, 3.63) is 39.8 Å². The summed E-state index contributed by atoms with van der Waals surface area (Å²) in [5, 5.41) is 5.99. The summed E-state index contributed by atoms with van der Waals surface area (Å²) in [6.07, 6.45) is 1.69. The number of benzene rings is 1. The Morgan fingerprint density at radius 3 is 2.50 bits per heavy atom. The summed E-state index contributed by atoms with van der Waals surface area (Å²) in [5.41, 5.74) is 1.41. The number of aryl methyl sites for hydroxylation is 1. The predicted molar refractivity (Wildman–Crippen MR) is 80.6 cm³/mol. The van der Waals surface area contributed by atoms with Gasteiger partial charge in [-0.3, -0.25) is 0 Å². The summed E-state index contributed by atoms with van der Waals surface area (Å²) in [7, 11) is 0. The maximum atomic E-state index is 13.4. The summed E-state index contributed by atoms with van der Waals surface area (Å²) >= 11 is 11.5. The van der Waals surface area contributed by atoms with Gasteiger partial charge in [0, 0.05) is 24.0 Å². The third kappa shape index (κ3) is 3.29. The predicted octanol–water partition coefficient (Wildman–Crippen LogP) is 4.41. The van der Waals surface area contributed by atoms with Crippen molar-refractivity contribution in [2.24, 2.45) is 0 Å². The van der Waals surface area contributed by atoms with Gasteiger partial charge in [-0.25, -0.2) is 9.37 Å². The minimum absolute atomic E-state index is 0.0429. The van der Waals surface area contributed by atoms with Crippen LogP contribution in [0.25, 0.3) is 0 Å². The molecule has 2 N–H and O–H groups in total. The van der Waals surface area contributed by atoms with Crippen LogP contribution >= 0.6 is 23.2 Å². The molecule has 1 aromatic heterocycles. The Morgan fingerprint density at radius 1 is 1.25 bits per heavy atom. The maximum absolute atomic E-state index is 13.4. The maximum Gasteiger partial charge on any atom is 0.224 e. The second-order valence-corrected chi connectivity index (χ2v) is 4.95. The van der Waals surface area contributed by atoms with E-state index in [4.69, 9.17) is 23.2 Å². The highest BCUT2D eigenvalue weighted by Crippen LogP contribution is 2.29. The Labute approximate surface area is 126 Å². The van der Waals surface area contributed by atoms with Crippen LogP contribution in [0.15, 0.2) is 18.3 Å². The van der Waals surface area contributed by atoms with Gasteiger partial charge >= 0.3 is 0 Å². The first-order valence-corrected chi connectivity index (χ1v) is 6.76. The average molecular weight is 315 g/mol. The van der Waals surface area contributed by atoms with Gasteiger partial charge in [-0.15, -0.1) is 0 Å². The molecule has 4 nitrogen and oxygen atoms in total. The molecule has 7 heteroatoms. The second kappa shape index (κ2) is 6.24. The van der Waals surface area contributed by atoms with Gasteiger partial charge < -0.3 is 10.6 Å². The van der Waals surface area contributed by atoms with Gasteiger partial charge in [0.15, 0.2) is 5.82 Å². The van der Waals surface area contributed by atoms with Crippen LogP contribution in [0, 0.1) is 12.7 Å². The lowest BCUT2D eigenvalue weighted by molar-refractivity contribution is 0.629. The number of hydrogen-bond acceptors (Lipinski definition) is 4. The van der Waals surface area contributed by atoms with E-state index in [-0.39, 0.29) is 10.0 Å². The van der Waals surface area contributed by atoms with Crippen LogP contribution in [0.4, 0.5) is 21.8 Å². The molecule has 0 aliphatic carbocycles. The number of nitrogens with zero attached hydrogens (tertiary/aromatic N) is 2. The molecule has 2 aromatic rings. The minimum atomic E-state index is -0.633. The van der Waals surface area contributed by atoms with Gasteiger partial charge in [0.05, 0.1) is 10.0 Å². The van der Waals surface area contributed by atoms with Crippen LogP contribution in [0.5, 0.6) is 0 Å². The summed E-state index contributed by atoms with van der Waals surface area (Å²) < 4.78 is 13.4. The first-order valence-electron chi connectivity index (χ1n) is 6.00. The van der Waals surface area contributed by atoms with Gasteiger partial charge in [-0.1, -0.05) is 23.2 Å². The SMILES string of the molecule is CCNc1ncc(C)c(Nc2cc(Cl)c(F)c(Cl)c2)n1. The molecular formula is C13H13Cl2FN4. The molecule has 106 valence electrons. The Hall–Kier alpha value is -1.59. The van der Waals surface area contributed by atoms with Crippen LogP contribution in [-0.4, -0.2) is 16.5 Å². The average Bonchev–Trinajstić information content (AvgIpc) is 2.40. The third-order valence-corrected chi connectivity index (χ3v) is 3.10. The van der Waals surface area contributed by atoms with Crippen molar-refractivity contribution >= 4 is 40.7 Å². The van der Waals surface area contributed by atoms with Crippen LogP contribution < -0.4 is 10.6 Å². The quantitative estimate of drug-likeness (QED) is 0.821. The largest absolute Gasteiger partial charge is 0.354 e. The lowest BCUT2D eigenvalue weighted by Gasteiger charge is -2.11. The molecule has 0 aliphatic rings. The van der Waals surface area contributed by atoms with Gasteiger partial charge in [-0.2, -0.15) is 4.98 Å². The van der Waals surface area contributed by atoms with Crippen molar-refractivity contribution in [2.75, 3.05) is 17.2 Å². The topological polar surface area (TPSA) is 49.8 Å². The molecule has 0 amide bonds. The number of halogens is 3. The minimum Gasteiger partial charge on any atom is -0.354 e. The van der Waals surface area contributed by atoms with Gasteiger partial charge in [0.1, 0.15) is 5.82 Å². The highest BCUT2D eigenvalue weighted by molar-refractivity contribution is 6.35. The standard InChI is InChI=1S/C13H13Cl2FN4/c1-3-17-13-18-6-7(2)12(20-13)19-8-4-9(14)11(16)10(15)5-8/h4-6H,3H2,1-2H3,(H2,17,18,19,20). The number of anilines is 3. The van der Waals surface area contributed by atoms with E-state index in [0.717, 1.165) is 12.1 Å². The summed E-state index contributed by atoms with van der Waals surface area (Å²) in [6.45, 7) is 4.54.